The summed E-state index contributed by atoms with van der Waals surface area (Å²) in [5, 5.41) is 0. The Labute approximate surface area is 143 Å². The van der Waals surface area contributed by atoms with Crippen LogP contribution in [-0.2, 0) is 6.54 Å². The summed E-state index contributed by atoms with van der Waals surface area (Å²) in [6.45, 7) is 5.80. The zero-order chi connectivity index (χ0) is 16.8. The first-order valence-corrected chi connectivity index (χ1v) is 8.51. The molecular weight excluding hydrogens is 302 g/mol. The molecule has 0 aliphatic carbocycles. The van der Waals surface area contributed by atoms with Crippen molar-refractivity contribution in [2.24, 2.45) is 5.92 Å². The van der Waals surface area contributed by atoms with E-state index in [1.54, 1.807) is 19.5 Å². The minimum Gasteiger partial charge on any atom is -0.493 e. The highest BCUT2D eigenvalue weighted by Gasteiger charge is 2.21. The molecule has 1 aromatic carbocycles. The molecule has 0 spiro atoms. The Morgan fingerprint density at radius 1 is 1.12 bits per heavy atom. The van der Waals surface area contributed by atoms with Crippen molar-refractivity contribution in [3.8, 4) is 11.6 Å². The normalized spacial score (nSPS) is 16.1. The monoisotopic (exact) mass is 327 g/mol. The molecule has 3 rings (SSSR count). The molecule has 0 atom stereocenters. The van der Waals surface area contributed by atoms with Crippen molar-refractivity contribution < 1.29 is 9.47 Å². The van der Waals surface area contributed by atoms with Crippen LogP contribution in [0.5, 0.6) is 11.6 Å². The number of methoxy groups -OCH3 is 1. The number of piperidine rings is 1. The van der Waals surface area contributed by atoms with Gasteiger partial charge in [0, 0.05) is 18.9 Å². The van der Waals surface area contributed by atoms with Crippen LogP contribution in [0, 0.1) is 12.8 Å². The second-order valence-electron chi connectivity index (χ2n) is 6.31. The third kappa shape index (κ3) is 4.23. The minimum absolute atomic E-state index is 0.615. The lowest BCUT2D eigenvalue weighted by Crippen LogP contribution is -2.35. The molecule has 0 radical (unpaired) electrons. The van der Waals surface area contributed by atoms with Gasteiger partial charge in [0.2, 0.25) is 5.88 Å². The number of nitrogens with zero attached hydrogens (tertiary/aromatic N) is 3. The zero-order valence-electron chi connectivity index (χ0n) is 14.4. The van der Waals surface area contributed by atoms with Crippen LogP contribution in [-0.4, -0.2) is 41.7 Å². The molecule has 5 heteroatoms. The quantitative estimate of drug-likeness (QED) is 0.816. The highest BCUT2D eigenvalue weighted by molar-refractivity contribution is 5.31. The molecule has 1 aromatic heterocycles. The number of benzene rings is 1. The molecule has 1 saturated heterocycles. The van der Waals surface area contributed by atoms with Gasteiger partial charge in [-0.2, -0.15) is 0 Å². The molecule has 0 unspecified atom stereocenters. The Kier molecular flexibility index (Phi) is 5.64. The lowest BCUT2D eigenvalue weighted by atomic mass is 9.97. The van der Waals surface area contributed by atoms with Crippen LogP contribution in [0.25, 0.3) is 0 Å². The Balaban J connectivity index is 1.47. The van der Waals surface area contributed by atoms with Gasteiger partial charge in [0.15, 0.2) is 0 Å². The Morgan fingerprint density at radius 3 is 2.62 bits per heavy atom. The van der Waals surface area contributed by atoms with E-state index in [2.05, 4.69) is 27.9 Å². The summed E-state index contributed by atoms with van der Waals surface area (Å²) < 4.78 is 11.3. The van der Waals surface area contributed by atoms with E-state index in [-0.39, 0.29) is 0 Å². The first-order valence-electron chi connectivity index (χ1n) is 8.51. The van der Waals surface area contributed by atoms with Crippen LogP contribution in [0.15, 0.2) is 36.7 Å². The fourth-order valence-corrected chi connectivity index (χ4v) is 3.08. The number of aromatic nitrogens is 2. The van der Waals surface area contributed by atoms with Crippen molar-refractivity contribution in [2.45, 2.75) is 26.3 Å². The molecule has 24 heavy (non-hydrogen) atoms. The van der Waals surface area contributed by atoms with Gasteiger partial charge >= 0.3 is 0 Å². The second-order valence-corrected chi connectivity index (χ2v) is 6.31. The van der Waals surface area contributed by atoms with E-state index in [9.17, 15) is 0 Å². The third-order valence-corrected chi connectivity index (χ3v) is 4.58. The summed E-state index contributed by atoms with van der Waals surface area (Å²) in [6.07, 6.45) is 5.68. The van der Waals surface area contributed by atoms with E-state index >= 15 is 0 Å². The number of ether oxygens (including phenoxy) is 2. The molecule has 1 fully saturated rings. The summed E-state index contributed by atoms with van der Waals surface area (Å²) in [4.78, 5) is 11.0. The molecule has 0 bridgehead atoms. The van der Waals surface area contributed by atoms with Crippen molar-refractivity contribution in [1.29, 1.82) is 0 Å². The lowest BCUT2D eigenvalue weighted by molar-refractivity contribution is 0.134. The van der Waals surface area contributed by atoms with Crippen LogP contribution in [0.1, 0.15) is 24.1 Å². The van der Waals surface area contributed by atoms with Gasteiger partial charge in [-0.1, -0.05) is 18.2 Å². The predicted octanol–water partition coefficient (Wildman–Crippen LogP) is 3.08. The van der Waals surface area contributed by atoms with E-state index in [1.165, 1.54) is 5.56 Å². The van der Waals surface area contributed by atoms with E-state index in [0.717, 1.165) is 50.5 Å². The van der Waals surface area contributed by atoms with Crippen molar-refractivity contribution in [2.75, 3.05) is 26.8 Å². The van der Waals surface area contributed by atoms with E-state index < -0.39 is 0 Å². The van der Waals surface area contributed by atoms with Gasteiger partial charge < -0.3 is 9.47 Å². The van der Waals surface area contributed by atoms with Gasteiger partial charge in [-0.05, 0) is 50.4 Å². The van der Waals surface area contributed by atoms with E-state index in [1.807, 2.05) is 18.2 Å². The summed E-state index contributed by atoms with van der Waals surface area (Å²) in [5.74, 6) is 2.25. The van der Waals surface area contributed by atoms with Crippen molar-refractivity contribution in [1.82, 2.24) is 14.9 Å². The van der Waals surface area contributed by atoms with Gasteiger partial charge in [0.1, 0.15) is 11.4 Å². The Morgan fingerprint density at radius 2 is 1.88 bits per heavy atom. The largest absolute Gasteiger partial charge is 0.493 e. The van der Waals surface area contributed by atoms with Crippen LogP contribution in [0.2, 0.25) is 0 Å². The first-order chi connectivity index (χ1) is 11.8. The maximum absolute atomic E-state index is 6.01. The summed E-state index contributed by atoms with van der Waals surface area (Å²) in [6, 6.07) is 8.21. The standard InChI is InChI=1S/C19H25N3O2/c1-15-5-3-4-6-18(15)24-14-16-7-11-22(12-8-16)13-17-19(23-2)21-10-9-20-17/h3-6,9-10,16H,7-8,11-14H2,1-2H3. The number of likely N-dealkylation sites (tertiary alicyclic amines) is 1. The van der Waals surface area contributed by atoms with E-state index in [4.69, 9.17) is 9.47 Å². The minimum atomic E-state index is 0.615. The number of aryl methyl sites for hydroxylation is 1. The molecular formula is C19H25N3O2. The fourth-order valence-electron chi connectivity index (χ4n) is 3.08. The lowest BCUT2D eigenvalue weighted by Gasteiger charge is -2.31. The maximum atomic E-state index is 6.01. The summed E-state index contributed by atoms with van der Waals surface area (Å²) in [5.41, 5.74) is 2.11. The molecule has 2 heterocycles. The number of hydrogen-bond acceptors (Lipinski definition) is 5. The molecule has 0 amide bonds. The average molecular weight is 327 g/mol. The van der Waals surface area contributed by atoms with Crippen molar-refractivity contribution >= 4 is 0 Å². The van der Waals surface area contributed by atoms with Gasteiger partial charge in [0.25, 0.3) is 0 Å². The SMILES string of the molecule is COc1nccnc1CN1CCC(COc2ccccc2C)CC1. The average Bonchev–Trinajstić information content (AvgIpc) is 2.63. The fraction of sp³-hybridized carbons (Fsp3) is 0.474. The molecule has 0 N–H and O–H groups in total. The smallest absolute Gasteiger partial charge is 0.236 e. The third-order valence-electron chi connectivity index (χ3n) is 4.58. The number of rotatable bonds is 6. The van der Waals surface area contributed by atoms with Crippen LogP contribution in [0.4, 0.5) is 0 Å². The number of para-hydroxylation sites is 1. The molecule has 1 aliphatic rings. The zero-order valence-corrected chi connectivity index (χ0v) is 14.4. The van der Waals surface area contributed by atoms with Gasteiger partial charge in [-0.25, -0.2) is 4.98 Å². The molecule has 5 nitrogen and oxygen atoms in total. The van der Waals surface area contributed by atoms with Gasteiger partial charge in [-0.15, -0.1) is 0 Å². The van der Waals surface area contributed by atoms with Crippen LogP contribution < -0.4 is 9.47 Å². The Hall–Kier alpha value is -2.14. The second kappa shape index (κ2) is 8.11. The topological polar surface area (TPSA) is 47.5 Å². The first kappa shape index (κ1) is 16.7. The number of hydrogen-bond donors (Lipinski definition) is 0. The van der Waals surface area contributed by atoms with Gasteiger partial charge in [0.05, 0.1) is 13.7 Å². The summed E-state index contributed by atoms with van der Waals surface area (Å²) in [7, 11) is 1.64. The predicted molar refractivity (Wildman–Crippen MR) is 93.3 cm³/mol. The Bertz CT molecular complexity index is 655. The van der Waals surface area contributed by atoms with Crippen molar-refractivity contribution in [3.63, 3.8) is 0 Å². The van der Waals surface area contributed by atoms with E-state index in [0.29, 0.717) is 11.8 Å². The molecule has 128 valence electrons. The molecule has 0 saturated carbocycles. The molecule has 2 aromatic rings. The highest BCUT2D eigenvalue weighted by atomic mass is 16.5. The maximum Gasteiger partial charge on any atom is 0.236 e. The van der Waals surface area contributed by atoms with Crippen LogP contribution >= 0.6 is 0 Å². The highest BCUT2D eigenvalue weighted by Crippen LogP contribution is 2.23. The molecule has 1 aliphatic heterocycles. The van der Waals surface area contributed by atoms with Gasteiger partial charge in [-0.3, -0.25) is 9.88 Å². The summed E-state index contributed by atoms with van der Waals surface area (Å²) >= 11 is 0. The van der Waals surface area contributed by atoms with Crippen LogP contribution in [0.3, 0.4) is 0 Å². The van der Waals surface area contributed by atoms with Crippen molar-refractivity contribution in [3.05, 3.63) is 47.9 Å².